The van der Waals surface area contributed by atoms with Gasteiger partial charge in [0.1, 0.15) is 11.4 Å². The van der Waals surface area contributed by atoms with Crippen LogP contribution in [0.2, 0.25) is 0 Å². The van der Waals surface area contributed by atoms with Crippen LogP contribution in [-0.4, -0.2) is 31.1 Å². The van der Waals surface area contributed by atoms with E-state index in [2.05, 4.69) is 5.32 Å². The molecule has 5 nitrogen and oxygen atoms in total. The van der Waals surface area contributed by atoms with E-state index >= 15 is 0 Å². The highest BCUT2D eigenvalue weighted by Crippen LogP contribution is 2.21. The van der Waals surface area contributed by atoms with Crippen molar-refractivity contribution in [3.05, 3.63) is 16.3 Å². The van der Waals surface area contributed by atoms with Gasteiger partial charge < -0.3 is 14.8 Å². The van der Waals surface area contributed by atoms with E-state index in [0.717, 1.165) is 0 Å². The Hall–Kier alpha value is -1.56. The van der Waals surface area contributed by atoms with Crippen LogP contribution in [0, 0.1) is 0 Å². The van der Waals surface area contributed by atoms with E-state index in [1.165, 1.54) is 18.4 Å². The zero-order chi connectivity index (χ0) is 13.8. The van der Waals surface area contributed by atoms with Crippen molar-refractivity contribution in [1.29, 1.82) is 0 Å². The maximum absolute atomic E-state index is 11.7. The number of amides is 1. The number of thiophene rings is 1. The Morgan fingerprint density at radius 2 is 2.06 bits per heavy atom. The minimum Gasteiger partial charge on any atom is -0.496 e. The third-order valence-corrected chi connectivity index (χ3v) is 2.83. The second-order valence-corrected chi connectivity index (χ2v) is 5.54. The quantitative estimate of drug-likeness (QED) is 0.854. The van der Waals surface area contributed by atoms with E-state index in [0.29, 0.717) is 10.6 Å². The summed E-state index contributed by atoms with van der Waals surface area (Å²) in [5.41, 5.74) is -0.570. The summed E-state index contributed by atoms with van der Waals surface area (Å²) in [7, 11) is 1.54. The number of ketones is 1. The summed E-state index contributed by atoms with van der Waals surface area (Å²) in [6.45, 7) is 5.20. The molecule has 0 saturated heterocycles. The number of hydrogen-bond donors (Lipinski definition) is 1. The first-order chi connectivity index (χ1) is 8.31. The number of nitrogens with one attached hydrogen (secondary N) is 1. The van der Waals surface area contributed by atoms with Gasteiger partial charge in [-0.3, -0.25) is 4.79 Å². The van der Waals surface area contributed by atoms with Crippen molar-refractivity contribution in [2.24, 2.45) is 0 Å². The van der Waals surface area contributed by atoms with Crippen molar-refractivity contribution in [3.63, 3.8) is 0 Å². The largest absolute Gasteiger partial charge is 0.496 e. The first-order valence-corrected chi connectivity index (χ1v) is 6.32. The fourth-order valence-corrected chi connectivity index (χ4v) is 1.92. The number of ether oxygens (including phenoxy) is 2. The number of carbonyl (C=O) groups is 2. The molecule has 0 spiro atoms. The van der Waals surface area contributed by atoms with Crippen LogP contribution < -0.4 is 10.1 Å². The van der Waals surface area contributed by atoms with E-state index < -0.39 is 11.7 Å². The van der Waals surface area contributed by atoms with Gasteiger partial charge >= 0.3 is 6.09 Å². The highest BCUT2D eigenvalue weighted by atomic mass is 32.1. The van der Waals surface area contributed by atoms with Crippen LogP contribution in [0.25, 0.3) is 0 Å². The molecular formula is C12H17NO4S. The Bertz CT molecular complexity index is 434. The van der Waals surface area contributed by atoms with E-state index in [1.54, 1.807) is 32.2 Å². The maximum atomic E-state index is 11.7. The summed E-state index contributed by atoms with van der Waals surface area (Å²) in [6, 6.07) is 1.64. The van der Waals surface area contributed by atoms with Crippen LogP contribution in [-0.2, 0) is 4.74 Å². The molecule has 1 heterocycles. The lowest BCUT2D eigenvalue weighted by Crippen LogP contribution is -2.35. The molecule has 0 aliphatic carbocycles. The molecular weight excluding hydrogens is 254 g/mol. The molecule has 100 valence electrons. The molecule has 0 aliphatic rings. The van der Waals surface area contributed by atoms with Gasteiger partial charge in [0.2, 0.25) is 0 Å². The van der Waals surface area contributed by atoms with E-state index in [-0.39, 0.29) is 12.3 Å². The Kier molecular flexibility index (Phi) is 4.72. The van der Waals surface area contributed by atoms with E-state index in [1.807, 2.05) is 0 Å². The van der Waals surface area contributed by atoms with Crippen molar-refractivity contribution < 1.29 is 19.1 Å². The van der Waals surface area contributed by atoms with Crippen LogP contribution in [0.5, 0.6) is 5.75 Å². The van der Waals surface area contributed by atoms with Gasteiger partial charge in [0.15, 0.2) is 5.78 Å². The predicted octanol–water partition coefficient (Wildman–Crippen LogP) is 2.46. The lowest BCUT2D eigenvalue weighted by molar-refractivity contribution is 0.0520. The third-order valence-electron chi connectivity index (χ3n) is 1.88. The lowest BCUT2D eigenvalue weighted by Gasteiger charge is -2.19. The molecule has 0 radical (unpaired) electrons. The highest BCUT2D eigenvalue weighted by molar-refractivity contribution is 7.12. The molecule has 0 atom stereocenters. The van der Waals surface area contributed by atoms with Crippen LogP contribution in [0.1, 0.15) is 30.4 Å². The minimum absolute atomic E-state index is 0.0847. The average molecular weight is 271 g/mol. The van der Waals surface area contributed by atoms with Gasteiger partial charge in [-0.1, -0.05) is 0 Å². The summed E-state index contributed by atoms with van der Waals surface area (Å²) in [4.78, 5) is 23.6. The molecule has 1 rings (SSSR count). The van der Waals surface area contributed by atoms with Crippen molar-refractivity contribution in [3.8, 4) is 5.75 Å². The second-order valence-electron chi connectivity index (χ2n) is 4.63. The van der Waals surface area contributed by atoms with E-state index in [4.69, 9.17) is 9.47 Å². The van der Waals surface area contributed by atoms with Gasteiger partial charge in [-0.15, -0.1) is 11.3 Å². The molecule has 0 aliphatic heterocycles. The van der Waals surface area contributed by atoms with E-state index in [9.17, 15) is 9.59 Å². The molecule has 1 aromatic heterocycles. The molecule has 0 aromatic carbocycles. The summed E-state index contributed by atoms with van der Waals surface area (Å²) in [5.74, 6) is 0.467. The second kappa shape index (κ2) is 5.86. The van der Waals surface area contributed by atoms with Gasteiger partial charge in [0.05, 0.1) is 18.5 Å². The number of hydrogen-bond acceptors (Lipinski definition) is 5. The molecule has 18 heavy (non-hydrogen) atoms. The summed E-state index contributed by atoms with van der Waals surface area (Å²) in [5, 5.41) is 4.16. The topological polar surface area (TPSA) is 64.6 Å². The summed E-state index contributed by atoms with van der Waals surface area (Å²) in [6.07, 6.45) is -0.598. The van der Waals surface area contributed by atoms with Crippen molar-refractivity contribution in [2.75, 3.05) is 13.7 Å². The Morgan fingerprint density at radius 1 is 1.39 bits per heavy atom. The molecule has 0 unspecified atom stereocenters. The molecule has 1 amide bonds. The summed E-state index contributed by atoms with van der Waals surface area (Å²) >= 11 is 1.28. The molecule has 0 saturated carbocycles. The predicted molar refractivity (Wildman–Crippen MR) is 69.4 cm³/mol. The monoisotopic (exact) mass is 271 g/mol. The van der Waals surface area contributed by atoms with Crippen molar-refractivity contribution >= 4 is 23.2 Å². The SMILES string of the molecule is COc1csc(C(=O)CNC(=O)OC(C)(C)C)c1. The van der Waals surface area contributed by atoms with Crippen LogP contribution in [0.3, 0.4) is 0 Å². The summed E-state index contributed by atoms with van der Waals surface area (Å²) < 4.78 is 10.0. The smallest absolute Gasteiger partial charge is 0.408 e. The molecule has 1 N–H and O–H groups in total. The van der Waals surface area contributed by atoms with Gasteiger partial charge in [0, 0.05) is 11.4 Å². The fourth-order valence-electron chi connectivity index (χ4n) is 1.13. The van der Waals surface area contributed by atoms with Gasteiger partial charge in [-0.05, 0) is 20.8 Å². The molecule has 0 fully saturated rings. The first kappa shape index (κ1) is 14.5. The Morgan fingerprint density at radius 3 is 2.56 bits per heavy atom. The molecule has 6 heteroatoms. The Labute approximate surface area is 110 Å². The van der Waals surface area contributed by atoms with Crippen LogP contribution in [0.15, 0.2) is 11.4 Å². The maximum Gasteiger partial charge on any atom is 0.408 e. The first-order valence-electron chi connectivity index (χ1n) is 5.44. The van der Waals surface area contributed by atoms with Gasteiger partial charge in [0.25, 0.3) is 0 Å². The van der Waals surface area contributed by atoms with Crippen LogP contribution >= 0.6 is 11.3 Å². The van der Waals surface area contributed by atoms with Crippen molar-refractivity contribution in [2.45, 2.75) is 26.4 Å². The number of carbonyl (C=O) groups excluding carboxylic acids is 2. The highest BCUT2D eigenvalue weighted by Gasteiger charge is 2.17. The fraction of sp³-hybridized carbons (Fsp3) is 0.500. The number of rotatable bonds is 4. The zero-order valence-electron chi connectivity index (χ0n) is 10.9. The average Bonchev–Trinajstić information content (AvgIpc) is 2.72. The van der Waals surface area contributed by atoms with Gasteiger partial charge in [-0.2, -0.15) is 0 Å². The number of alkyl carbamates (subject to hydrolysis) is 1. The molecule has 0 bridgehead atoms. The standard InChI is InChI=1S/C12H17NO4S/c1-12(2,3)17-11(15)13-6-9(14)10-5-8(16-4)7-18-10/h5,7H,6H2,1-4H3,(H,13,15). The van der Waals surface area contributed by atoms with Gasteiger partial charge in [-0.25, -0.2) is 4.79 Å². The zero-order valence-corrected chi connectivity index (χ0v) is 11.7. The third kappa shape index (κ3) is 4.75. The minimum atomic E-state index is -0.598. The van der Waals surface area contributed by atoms with Crippen molar-refractivity contribution in [1.82, 2.24) is 5.32 Å². The normalized spacial score (nSPS) is 10.9. The van der Waals surface area contributed by atoms with Crippen LogP contribution in [0.4, 0.5) is 4.79 Å². The molecule has 1 aromatic rings. The lowest BCUT2D eigenvalue weighted by atomic mass is 10.2. The number of Topliss-reactive ketones (excluding diaryl/α,β-unsaturated/α-hetero) is 1. The number of methoxy groups -OCH3 is 1. The Balaban J connectivity index is 2.44.